The number of benzene rings is 1. The standard InChI is InChI=1S/C13H16ClN3/c1-8-9(2)16-17(10(8)3)7-11-12(14)5-4-6-13(11)15/h4-6H,7,15H2,1-3H3. The molecule has 0 aliphatic rings. The highest BCUT2D eigenvalue weighted by Gasteiger charge is 2.11. The van der Waals surface area contributed by atoms with Gasteiger partial charge in [-0.05, 0) is 38.5 Å². The van der Waals surface area contributed by atoms with Crippen molar-refractivity contribution in [1.82, 2.24) is 9.78 Å². The van der Waals surface area contributed by atoms with Crippen LogP contribution in [0.4, 0.5) is 5.69 Å². The summed E-state index contributed by atoms with van der Waals surface area (Å²) in [7, 11) is 0. The Morgan fingerprint density at radius 3 is 2.53 bits per heavy atom. The fraction of sp³-hybridized carbons (Fsp3) is 0.308. The number of aryl methyl sites for hydroxylation is 1. The lowest BCUT2D eigenvalue weighted by molar-refractivity contribution is 0.660. The Kier molecular flexibility index (Phi) is 3.11. The van der Waals surface area contributed by atoms with Crippen molar-refractivity contribution in [3.63, 3.8) is 0 Å². The predicted molar refractivity (Wildman–Crippen MR) is 71.4 cm³/mol. The molecule has 0 fully saturated rings. The van der Waals surface area contributed by atoms with Gasteiger partial charge in [0.25, 0.3) is 0 Å². The maximum Gasteiger partial charge on any atom is 0.0697 e. The molecule has 0 aliphatic carbocycles. The van der Waals surface area contributed by atoms with Crippen LogP contribution in [0.25, 0.3) is 0 Å². The van der Waals surface area contributed by atoms with Gasteiger partial charge in [0.2, 0.25) is 0 Å². The van der Waals surface area contributed by atoms with E-state index in [1.807, 2.05) is 29.8 Å². The fourth-order valence-electron chi connectivity index (χ4n) is 1.83. The summed E-state index contributed by atoms with van der Waals surface area (Å²) in [4.78, 5) is 0. The summed E-state index contributed by atoms with van der Waals surface area (Å²) in [6.07, 6.45) is 0. The van der Waals surface area contributed by atoms with Crippen molar-refractivity contribution in [3.05, 3.63) is 45.7 Å². The molecular formula is C13H16ClN3. The average molecular weight is 250 g/mol. The molecule has 1 aromatic carbocycles. The van der Waals surface area contributed by atoms with Gasteiger partial charge in [0.05, 0.1) is 12.2 Å². The molecule has 1 heterocycles. The van der Waals surface area contributed by atoms with Gasteiger partial charge in [0, 0.05) is 22.0 Å². The number of nitrogen functional groups attached to an aromatic ring is 1. The second-order valence-electron chi connectivity index (χ2n) is 4.26. The van der Waals surface area contributed by atoms with Gasteiger partial charge < -0.3 is 5.73 Å². The third-order valence-electron chi connectivity index (χ3n) is 3.21. The highest BCUT2D eigenvalue weighted by Crippen LogP contribution is 2.24. The van der Waals surface area contributed by atoms with Gasteiger partial charge in [0.15, 0.2) is 0 Å². The largest absolute Gasteiger partial charge is 0.398 e. The Morgan fingerprint density at radius 2 is 2.00 bits per heavy atom. The molecule has 0 unspecified atom stereocenters. The molecule has 90 valence electrons. The van der Waals surface area contributed by atoms with Gasteiger partial charge in [-0.15, -0.1) is 0 Å². The summed E-state index contributed by atoms with van der Waals surface area (Å²) in [5.41, 5.74) is 11.0. The number of nitrogens with zero attached hydrogens (tertiary/aromatic N) is 2. The Morgan fingerprint density at radius 1 is 1.29 bits per heavy atom. The van der Waals surface area contributed by atoms with Crippen LogP contribution >= 0.6 is 11.6 Å². The van der Waals surface area contributed by atoms with E-state index in [0.29, 0.717) is 17.3 Å². The lowest BCUT2D eigenvalue weighted by Gasteiger charge is -2.09. The van der Waals surface area contributed by atoms with Crippen LogP contribution in [0.5, 0.6) is 0 Å². The molecular weight excluding hydrogens is 234 g/mol. The molecule has 0 radical (unpaired) electrons. The second-order valence-corrected chi connectivity index (χ2v) is 4.67. The molecule has 0 bridgehead atoms. The van der Waals surface area contributed by atoms with E-state index < -0.39 is 0 Å². The van der Waals surface area contributed by atoms with Crippen molar-refractivity contribution in [1.29, 1.82) is 0 Å². The molecule has 1 aromatic heterocycles. The van der Waals surface area contributed by atoms with Crippen LogP contribution in [0.15, 0.2) is 18.2 Å². The summed E-state index contributed by atoms with van der Waals surface area (Å²) in [6, 6.07) is 5.57. The molecule has 2 N–H and O–H groups in total. The molecule has 17 heavy (non-hydrogen) atoms. The molecule has 0 aliphatic heterocycles. The van der Waals surface area contributed by atoms with Crippen molar-refractivity contribution in [2.75, 3.05) is 5.73 Å². The first-order valence-electron chi connectivity index (χ1n) is 5.54. The highest BCUT2D eigenvalue weighted by molar-refractivity contribution is 6.31. The first kappa shape index (κ1) is 12.0. The van der Waals surface area contributed by atoms with Crippen LogP contribution in [-0.4, -0.2) is 9.78 Å². The van der Waals surface area contributed by atoms with E-state index in [9.17, 15) is 0 Å². The molecule has 2 rings (SSSR count). The van der Waals surface area contributed by atoms with Crippen molar-refractivity contribution < 1.29 is 0 Å². The lowest BCUT2D eigenvalue weighted by atomic mass is 10.1. The SMILES string of the molecule is Cc1nn(Cc2c(N)cccc2Cl)c(C)c1C. The molecule has 3 nitrogen and oxygen atoms in total. The molecule has 4 heteroatoms. The van der Waals surface area contributed by atoms with Crippen LogP contribution in [-0.2, 0) is 6.54 Å². The Labute approximate surface area is 106 Å². The monoisotopic (exact) mass is 249 g/mol. The van der Waals surface area contributed by atoms with Crippen LogP contribution in [0.1, 0.15) is 22.5 Å². The molecule has 0 atom stereocenters. The van der Waals surface area contributed by atoms with Gasteiger partial charge in [-0.1, -0.05) is 17.7 Å². The lowest BCUT2D eigenvalue weighted by Crippen LogP contribution is -2.07. The summed E-state index contributed by atoms with van der Waals surface area (Å²) >= 11 is 6.16. The van der Waals surface area contributed by atoms with Crippen molar-refractivity contribution in [3.8, 4) is 0 Å². The smallest absolute Gasteiger partial charge is 0.0697 e. The second kappa shape index (κ2) is 4.41. The van der Waals surface area contributed by atoms with Gasteiger partial charge in [0.1, 0.15) is 0 Å². The summed E-state index contributed by atoms with van der Waals surface area (Å²) in [5.74, 6) is 0. The average Bonchev–Trinajstić information content (AvgIpc) is 2.52. The molecule has 0 saturated heterocycles. The van der Waals surface area contributed by atoms with Crippen molar-refractivity contribution >= 4 is 17.3 Å². The van der Waals surface area contributed by atoms with Crippen molar-refractivity contribution in [2.45, 2.75) is 27.3 Å². The molecule has 0 amide bonds. The zero-order valence-corrected chi connectivity index (χ0v) is 11.0. The zero-order chi connectivity index (χ0) is 12.6. The first-order valence-corrected chi connectivity index (χ1v) is 5.92. The highest BCUT2D eigenvalue weighted by atomic mass is 35.5. The van der Waals surface area contributed by atoms with Gasteiger partial charge in [-0.2, -0.15) is 5.10 Å². The third-order valence-corrected chi connectivity index (χ3v) is 3.56. The van der Waals surface area contributed by atoms with E-state index in [2.05, 4.69) is 18.9 Å². The first-order chi connectivity index (χ1) is 8.00. The quantitative estimate of drug-likeness (QED) is 0.832. The van der Waals surface area contributed by atoms with Crippen LogP contribution in [0, 0.1) is 20.8 Å². The van der Waals surface area contributed by atoms with Gasteiger partial charge >= 0.3 is 0 Å². The minimum Gasteiger partial charge on any atom is -0.398 e. The number of hydrogen-bond acceptors (Lipinski definition) is 2. The van der Waals surface area contributed by atoms with E-state index >= 15 is 0 Å². The summed E-state index contributed by atoms with van der Waals surface area (Å²) in [5, 5.41) is 5.18. The predicted octanol–water partition coefficient (Wildman–Crippen LogP) is 3.09. The van der Waals surface area contributed by atoms with Crippen LogP contribution in [0.3, 0.4) is 0 Å². The summed E-state index contributed by atoms with van der Waals surface area (Å²) in [6.45, 7) is 6.76. The fourth-order valence-corrected chi connectivity index (χ4v) is 2.07. The minimum atomic E-state index is 0.617. The van der Waals surface area contributed by atoms with Gasteiger partial charge in [-0.25, -0.2) is 0 Å². The zero-order valence-electron chi connectivity index (χ0n) is 10.3. The van der Waals surface area contributed by atoms with Crippen LogP contribution in [0.2, 0.25) is 5.02 Å². The van der Waals surface area contributed by atoms with E-state index in [1.165, 1.54) is 5.56 Å². The van der Waals surface area contributed by atoms with E-state index in [0.717, 1.165) is 17.0 Å². The minimum absolute atomic E-state index is 0.617. The number of hydrogen-bond donors (Lipinski definition) is 1. The number of halogens is 1. The number of anilines is 1. The maximum atomic E-state index is 6.16. The molecule has 2 aromatic rings. The normalized spacial score (nSPS) is 10.8. The molecule has 0 saturated carbocycles. The molecule has 0 spiro atoms. The maximum absolute atomic E-state index is 6.16. The van der Waals surface area contributed by atoms with Crippen molar-refractivity contribution in [2.24, 2.45) is 0 Å². The number of nitrogens with two attached hydrogens (primary N) is 1. The van der Waals surface area contributed by atoms with E-state index in [-0.39, 0.29) is 0 Å². The van der Waals surface area contributed by atoms with E-state index in [4.69, 9.17) is 17.3 Å². The van der Waals surface area contributed by atoms with Gasteiger partial charge in [-0.3, -0.25) is 4.68 Å². The Balaban J connectivity index is 2.41. The van der Waals surface area contributed by atoms with Crippen LogP contribution < -0.4 is 5.73 Å². The summed E-state index contributed by atoms with van der Waals surface area (Å²) < 4.78 is 1.95. The Hall–Kier alpha value is -1.48. The third kappa shape index (κ3) is 2.15. The topological polar surface area (TPSA) is 43.8 Å². The van der Waals surface area contributed by atoms with E-state index in [1.54, 1.807) is 0 Å². The number of rotatable bonds is 2. The number of aromatic nitrogens is 2. The Bertz CT molecular complexity index is 538.